The van der Waals surface area contributed by atoms with Gasteiger partial charge >= 0.3 is 0 Å². The Bertz CT molecular complexity index is 862. The second-order valence-corrected chi connectivity index (χ2v) is 4.59. The van der Waals surface area contributed by atoms with E-state index >= 15 is 0 Å². The number of aryl methyl sites for hydroxylation is 1. The van der Waals surface area contributed by atoms with E-state index in [1.807, 2.05) is 12.1 Å². The Morgan fingerprint density at radius 2 is 1.85 bits per heavy atom. The van der Waals surface area contributed by atoms with Crippen LogP contribution in [0.1, 0.15) is 5.76 Å². The third kappa shape index (κ3) is 1.81. The van der Waals surface area contributed by atoms with Crippen LogP contribution in [0.2, 0.25) is 0 Å². The molecule has 0 saturated carbocycles. The zero-order chi connectivity index (χ0) is 14.3. The van der Waals surface area contributed by atoms with E-state index in [9.17, 15) is 4.79 Å². The van der Waals surface area contributed by atoms with Crippen LogP contribution in [0, 0.1) is 6.92 Å². The van der Waals surface area contributed by atoms with E-state index in [2.05, 4.69) is 0 Å². The maximum Gasteiger partial charge on any atom is 0.192 e. The summed E-state index contributed by atoms with van der Waals surface area (Å²) in [5, 5.41) is 2.24. The van der Waals surface area contributed by atoms with Crippen LogP contribution < -0.4 is 14.9 Å². The number of benzene rings is 2. The highest BCUT2D eigenvalue weighted by Crippen LogP contribution is 2.35. The minimum Gasteiger partial charge on any atom is -0.497 e. The normalized spacial score (nSPS) is 10.9. The molecule has 1 aromatic heterocycles. The van der Waals surface area contributed by atoms with Crippen LogP contribution in [0.15, 0.2) is 39.5 Å². The first kappa shape index (κ1) is 12.5. The monoisotopic (exact) mass is 270 g/mol. The summed E-state index contributed by atoms with van der Waals surface area (Å²) >= 11 is 0. The van der Waals surface area contributed by atoms with Gasteiger partial charge in [0.2, 0.25) is 0 Å². The van der Waals surface area contributed by atoms with Crippen molar-refractivity contribution < 1.29 is 13.9 Å². The van der Waals surface area contributed by atoms with E-state index in [0.29, 0.717) is 28.2 Å². The van der Waals surface area contributed by atoms with Gasteiger partial charge < -0.3 is 13.9 Å². The standard InChI is InChI=1S/C16H14O4/c1-9-6-13(17)12-5-4-10-7-11(18-2)8-14(19-3)15(10)16(12)20-9/h4-8H,1-3H3. The zero-order valence-electron chi connectivity index (χ0n) is 11.5. The molecule has 0 aliphatic rings. The van der Waals surface area contributed by atoms with Gasteiger partial charge in [-0.2, -0.15) is 0 Å². The molecule has 0 radical (unpaired) electrons. The van der Waals surface area contributed by atoms with Crippen molar-refractivity contribution in [3.8, 4) is 11.5 Å². The predicted molar refractivity (Wildman–Crippen MR) is 77.8 cm³/mol. The van der Waals surface area contributed by atoms with Crippen LogP contribution in [0.3, 0.4) is 0 Å². The van der Waals surface area contributed by atoms with Crippen LogP contribution in [-0.2, 0) is 0 Å². The fraction of sp³-hybridized carbons (Fsp3) is 0.188. The summed E-state index contributed by atoms with van der Waals surface area (Å²) < 4.78 is 16.4. The summed E-state index contributed by atoms with van der Waals surface area (Å²) in [6, 6.07) is 8.80. The molecule has 3 rings (SSSR count). The van der Waals surface area contributed by atoms with Crippen LogP contribution >= 0.6 is 0 Å². The van der Waals surface area contributed by atoms with E-state index < -0.39 is 0 Å². The van der Waals surface area contributed by atoms with E-state index in [-0.39, 0.29) is 5.43 Å². The molecule has 0 amide bonds. The molecule has 0 aliphatic heterocycles. The molecule has 0 saturated heterocycles. The van der Waals surface area contributed by atoms with E-state index in [1.54, 1.807) is 33.3 Å². The molecule has 4 heteroatoms. The quantitative estimate of drug-likeness (QED) is 0.670. The zero-order valence-corrected chi connectivity index (χ0v) is 11.5. The van der Waals surface area contributed by atoms with Gasteiger partial charge in [-0.1, -0.05) is 6.07 Å². The van der Waals surface area contributed by atoms with Gasteiger partial charge in [0.05, 0.1) is 25.0 Å². The van der Waals surface area contributed by atoms with Crippen LogP contribution in [0.25, 0.3) is 21.7 Å². The lowest BCUT2D eigenvalue weighted by Crippen LogP contribution is -2.01. The highest BCUT2D eigenvalue weighted by molar-refractivity contribution is 6.07. The van der Waals surface area contributed by atoms with E-state index in [1.165, 1.54) is 6.07 Å². The van der Waals surface area contributed by atoms with Crippen molar-refractivity contribution in [2.75, 3.05) is 14.2 Å². The number of fused-ring (bicyclic) bond motifs is 3. The topological polar surface area (TPSA) is 48.7 Å². The molecule has 0 aliphatic carbocycles. The largest absolute Gasteiger partial charge is 0.497 e. The molecule has 2 aromatic carbocycles. The lowest BCUT2D eigenvalue weighted by molar-refractivity contribution is 0.398. The summed E-state index contributed by atoms with van der Waals surface area (Å²) in [6.07, 6.45) is 0. The van der Waals surface area contributed by atoms with Gasteiger partial charge in [0.15, 0.2) is 5.43 Å². The average Bonchev–Trinajstić information content (AvgIpc) is 2.45. The number of methoxy groups -OCH3 is 2. The fourth-order valence-electron chi connectivity index (χ4n) is 2.40. The minimum absolute atomic E-state index is 0.0523. The van der Waals surface area contributed by atoms with Crippen molar-refractivity contribution in [1.82, 2.24) is 0 Å². The first-order chi connectivity index (χ1) is 9.63. The second kappa shape index (κ2) is 4.56. The van der Waals surface area contributed by atoms with Crippen molar-refractivity contribution in [3.05, 3.63) is 46.3 Å². The first-order valence-corrected chi connectivity index (χ1v) is 6.23. The Hall–Kier alpha value is -2.49. The van der Waals surface area contributed by atoms with E-state index in [0.717, 1.165) is 10.8 Å². The van der Waals surface area contributed by atoms with Crippen molar-refractivity contribution in [1.29, 1.82) is 0 Å². The van der Waals surface area contributed by atoms with Crippen molar-refractivity contribution >= 4 is 21.7 Å². The lowest BCUT2D eigenvalue weighted by Gasteiger charge is -2.10. The van der Waals surface area contributed by atoms with Crippen molar-refractivity contribution in [2.24, 2.45) is 0 Å². The molecular weight excluding hydrogens is 256 g/mol. The van der Waals surface area contributed by atoms with Crippen molar-refractivity contribution in [3.63, 3.8) is 0 Å². The Balaban J connectivity index is 2.56. The maximum absolute atomic E-state index is 12.0. The number of hydrogen-bond donors (Lipinski definition) is 0. The Kier molecular flexibility index (Phi) is 2.86. The van der Waals surface area contributed by atoms with Crippen LogP contribution in [0.5, 0.6) is 11.5 Å². The molecular formula is C16H14O4. The van der Waals surface area contributed by atoms with Crippen LogP contribution in [-0.4, -0.2) is 14.2 Å². The summed E-state index contributed by atoms with van der Waals surface area (Å²) in [5.41, 5.74) is 0.496. The average molecular weight is 270 g/mol. The molecule has 0 atom stereocenters. The highest BCUT2D eigenvalue weighted by atomic mass is 16.5. The Morgan fingerprint density at radius 3 is 2.55 bits per heavy atom. The smallest absolute Gasteiger partial charge is 0.192 e. The summed E-state index contributed by atoms with van der Waals surface area (Å²) in [6.45, 7) is 1.76. The Labute approximate surface area is 115 Å². The lowest BCUT2D eigenvalue weighted by atomic mass is 10.1. The van der Waals surface area contributed by atoms with Crippen LogP contribution in [0.4, 0.5) is 0 Å². The van der Waals surface area contributed by atoms with Gasteiger partial charge in [0, 0.05) is 12.1 Å². The molecule has 4 nitrogen and oxygen atoms in total. The SMILES string of the molecule is COc1cc(OC)c2c(ccc3c(=O)cc(C)oc32)c1. The third-order valence-corrected chi connectivity index (χ3v) is 3.33. The van der Waals surface area contributed by atoms with Gasteiger partial charge in [0.1, 0.15) is 22.8 Å². The number of ether oxygens (including phenoxy) is 2. The van der Waals surface area contributed by atoms with Gasteiger partial charge in [-0.05, 0) is 24.4 Å². The second-order valence-electron chi connectivity index (χ2n) is 4.59. The molecule has 0 fully saturated rings. The summed E-state index contributed by atoms with van der Waals surface area (Å²) in [5.74, 6) is 1.90. The van der Waals surface area contributed by atoms with Gasteiger partial charge in [0.25, 0.3) is 0 Å². The number of rotatable bonds is 2. The maximum atomic E-state index is 12.0. The highest BCUT2D eigenvalue weighted by Gasteiger charge is 2.13. The Morgan fingerprint density at radius 1 is 1.05 bits per heavy atom. The molecule has 3 aromatic rings. The van der Waals surface area contributed by atoms with Gasteiger partial charge in [-0.15, -0.1) is 0 Å². The molecule has 0 spiro atoms. The van der Waals surface area contributed by atoms with Crippen molar-refractivity contribution in [2.45, 2.75) is 6.92 Å². The summed E-state index contributed by atoms with van der Waals surface area (Å²) in [7, 11) is 3.19. The summed E-state index contributed by atoms with van der Waals surface area (Å²) in [4.78, 5) is 12.0. The number of hydrogen-bond acceptors (Lipinski definition) is 4. The van der Waals surface area contributed by atoms with Gasteiger partial charge in [-0.25, -0.2) is 0 Å². The molecule has 0 unspecified atom stereocenters. The fourth-order valence-corrected chi connectivity index (χ4v) is 2.40. The predicted octanol–water partition coefficient (Wildman–Crippen LogP) is 3.27. The van der Waals surface area contributed by atoms with Gasteiger partial charge in [-0.3, -0.25) is 4.79 Å². The molecule has 102 valence electrons. The molecule has 1 heterocycles. The molecule has 20 heavy (non-hydrogen) atoms. The third-order valence-electron chi connectivity index (χ3n) is 3.33. The molecule has 0 bridgehead atoms. The minimum atomic E-state index is -0.0523. The first-order valence-electron chi connectivity index (χ1n) is 6.23. The molecule has 0 N–H and O–H groups in total. The van der Waals surface area contributed by atoms with E-state index in [4.69, 9.17) is 13.9 Å².